The van der Waals surface area contributed by atoms with Gasteiger partial charge >= 0.3 is 5.97 Å². The second-order valence-electron chi connectivity index (χ2n) is 5.33. The average Bonchev–Trinajstić information content (AvgIpc) is 3.10. The van der Waals surface area contributed by atoms with Gasteiger partial charge in [0.15, 0.2) is 11.3 Å². The fraction of sp³-hybridized carbons (Fsp3) is 0.267. The van der Waals surface area contributed by atoms with E-state index in [1.165, 1.54) is 16.7 Å². The quantitative estimate of drug-likeness (QED) is 0.744. The van der Waals surface area contributed by atoms with E-state index in [1.807, 2.05) is 13.8 Å². The van der Waals surface area contributed by atoms with Crippen LogP contribution >= 0.6 is 11.3 Å². The van der Waals surface area contributed by atoms with Crippen LogP contribution in [0.4, 0.5) is 0 Å². The Labute approximate surface area is 141 Å². The molecule has 8 nitrogen and oxygen atoms in total. The first kappa shape index (κ1) is 16.1. The molecule has 9 heteroatoms. The SMILES string of the molecule is Cc1cc(C(=O)NCc2nc(C(=O)O)cs2)c2c(C)nn(C)c2n1. The molecule has 0 aliphatic heterocycles. The van der Waals surface area contributed by atoms with Crippen molar-refractivity contribution >= 4 is 34.2 Å². The van der Waals surface area contributed by atoms with Gasteiger partial charge in [0.2, 0.25) is 0 Å². The Bertz CT molecular complexity index is 960. The second kappa shape index (κ2) is 6.00. The van der Waals surface area contributed by atoms with E-state index in [0.717, 1.165) is 11.4 Å². The summed E-state index contributed by atoms with van der Waals surface area (Å²) in [6.45, 7) is 3.81. The summed E-state index contributed by atoms with van der Waals surface area (Å²) in [4.78, 5) is 31.8. The average molecular weight is 345 g/mol. The van der Waals surface area contributed by atoms with Crippen molar-refractivity contribution < 1.29 is 14.7 Å². The van der Waals surface area contributed by atoms with Crippen molar-refractivity contribution in [2.24, 2.45) is 7.05 Å². The van der Waals surface area contributed by atoms with Gasteiger partial charge in [-0.25, -0.2) is 14.8 Å². The van der Waals surface area contributed by atoms with Gasteiger partial charge in [0.25, 0.3) is 5.91 Å². The second-order valence-corrected chi connectivity index (χ2v) is 6.28. The fourth-order valence-electron chi connectivity index (χ4n) is 2.49. The number of nitrogens with one attached hydrogen (secondary N) is 1. The van der Waals surface area contributed by atoms with Gasteiger partial charge in [0.05, 0.1) is 23.2 Å². The number of hydrogen-bond acceptors (Lipinski definition) is 6. The number of thiazole rings is 1. The van der Waals surface area contributed by atoms with Crippen LogP contribution in [0, 0.1) is 13.8 Å². The first-order valence-corrected chi connectivity index (χ1v) is 8.01. The van der Waals surface area contributed by atoms with Gasteiger partial charge in [-0.15, -0.1) is 11.3 Å². The Morgan fingerprint density at radius 2 is 2.08 bits per heavy atom. The zero-order chi connectivity index (χ0) is 17.4. The highest BCUT2D eigenvalue weighted by molar-refractivity contribution is 7.09. The molecule has 0 aliphatic carbocycles. The fourth-order valence-corrected chi connectivity index (χ4v) is 3.20. The van der Waals surface area contributed by atoms with Gasteiger partial charge in [0, 0.05) is 18.1 Å². The standard InChI is InChI=1S/C15H15N5O3S/c1-7-4-9(12-8(2)19-20(3)13(12)17-7)14(21)16-5-11-18-10(6-24-11)15(22)23/h4,6H,5H2,1-3H3,(H,16,21)(H,22,23). The Balaban J connectivity index is 1.87. The lowest BCUT2D eigenvalue weighted by Gasteiger charge is -2.06. The number of nitrogens with zero attached hydrogens (tertiary/aromatic N) is 4. The first-order valence-electron chi connectivity index (χ1n) is 7.13. The van der Waals surface area contributed by atoms with Gasteiger partial charge < -0.3 is 10.4 Å². The number of aryl methyl sites for hydroxylation is 3. The van der Waals surface area contributed by atoms with Crippen LogP contribution in [0.1, 0.15) is 37.2 Å². The molecule has 0 fully saturated rings. The molecule has 24 heavy (non-hydrogen) atoms. The van der Waals surface area contributed by atoms with E-state index in [4.69, 9.17) is 5.11 Å². The summed E-state index contributed by atoms with van der Waals surface area (Å²) < 4.78 is 1.65. The molecule has 1 amide bonds. The van der Waals surface area contributed by atoms with E-state index in [9.17, 15) is 9.59 Å². The number of fused-ring (bicyclic) bond motifs is 1. The number of carboxylic acids is 1. The highest BCUT2D eigenvalue weighted by Gasteiger charge is 2.18. The van der Waals surface area contributed by atoms with Crippen molar-refractivity contribution in [1.82, 2.24) is 25.1 Å². The zero-order valence-corrected chi connectivity index (χ0v) is 14.1. The van der Waals surface area contributed by atoms with Gasteiger partial charge in [-0.3, -0.25) is 9.48 Å². The maximum absolute atomic E-state index is 12.6. The van der Waals surface area contributed by atoms with E-state index in [2.05, 4.69) is 20.4 Å². The molecular weight excluding hydrogens is 330 g/mol. The van der Waals surface area contributed by atoms with Gasteiger partial charge in [-0.2, -0.15) is 5.10 Å². The molecule has 3 aromatic rings. The number of hydrogen-bond donors (Lipinski definition) is 2. The van der Waals surface area contributed by atoms with Crippen LogP contribution in [-0.4, -0.2) is 36.7 Å². The number of amides is 1. The van der Waals surface area contributed by atoms with Crippen LogP contribution in [0.5, 0.6) is 0 Å². The normalized spacial score (nSPS) is 11.0. The molecule has 3 heterocycles. The van der Waals surface area contributed by atoms with E-state index >= 15 is 0 Å². The predicted molar refractivity (Wildman–Crippen MR) is 88.2 cm³/mol. The number of rotatable bonds is 4. The predicted octanol–water partition coefficient (Wildman–Crippen LogP) is 1.67. The van der Waals surface area contributed by atoms with Gasteiger partial charge in [-0.05, 0) is 19.9 Å². The molecular formula is C15H15N5O3S. The van der Waals surface area contributed by atoms with Crippen molar-refractivity contribution in [3.05, 3.63) is 39.1 Å². The van der Waals surface area contributed by atoms with Gasteiger partial charge in [-0.1, -0.05) is 0 Å². The summed E-state index contributed by atoms with van der Waals surface area (Å²) in [5.41, 5.74) is 2.58. The van der Waals surface area contributed by atoms with Crippen molar-refractivity contribution in [3.8, 4) is 0 Å². The third-order valence-electron chi connectivity index (χ3n) is 3.51. The maximum Gasteiger partial charge on any atom is 0.355 e. The smallest absolute Gasteiger partial charge is 0.355 e. The van der Waals surface area contributed by atoms with Crippen LogP contribution in [-0.2, 0) is 13.6 Å². The zero-order valence-electron chi connectivity index (χ0n) is 13.3. The summed E-state index contributed by atoms with van der Waals surface area (Å²) >= 11 is 1.19. The minimum atomic E-state index is -1.08. The molecule has 0 radical (unpaired) electrons. The molecule has 0 aromatic carbocycles. The first-order chi connectivity index (χ1) is 11.4. The number of carbonyl (C=O) groups excluding carboxylic acids is 1. The largest absolute Gasteiger partial charge is 0.476 e. The molecule has 3 aromatic heterocycles. The number of pyridine rings is 1. The molecule has 0 bridgehead atoms. The molecule has 0 aliphatic rings. The Morgan fingerprint density at radius 3 is 2.75 bits per heavy atom. The lowest BCUT2D eigenvalue weighted by atomic mass is 10.1. The van der Waals surface area contributed by atoms with Crippen molar-refractivity contribution in [1.29, 1.82) is 0 Å². The molecule has 3 rings (SSSR count). The van der Waals surface area contributed by atoms with E-state index < -0.39 is 5.97 Å². The van der Waals surface area contributed by atoms with E-state index in [0.29, 0.717) is 21.6 Å². The molecule has 0 saturated carbocycles. The summed E-state index contributed by atoms with van der Waals surface area (Å²) in [5, 5.41) is 18.7. The van der Waals surface area contributed by atoms with E-state index in [-0.39, 0.29) is 18.1 Å². The molecule has 2 N–H and O–H groups in total. The van der Waals surface area contributed by atoms with Crippen LogP contribution in [0.3, 0.4) is 0 Å². The Hall–Kier alpha value is -2.81. The number of carbonyl (C=O) groups is 2. The molecule has 0 unspecified atom stereocenters. The summed E-state index contributed by atoms with van der Waals surface area (Å²) in [6, 6.07) is 1.72. The monoisotopic (exact) mass is 345 g/mol. The number of aromatic nitrogens is 4. The lowest BCUT2D eigenvalue weighted by molar-refractivity contribution is 0.0691. The lowest BCUT2D eigenvalue weighted by Crippen LogP contribution is -2.23. The highest BCUT2D eigenvalue weighted by Crippen LogP contribution is 2.21. The molecule has 0 atom stereocenters. The number of carboxylic acid groups (broad SMARTS) is 1. The minimum absolute atomic E-state index is 0.0190. The third kappa shape index (κ3) is 2.85. The van der Waals surface area contributed by atoms with Crippen molar-refractivity contribution in [2.45, 2.75) is 20.4 Å². The topological polar surface area (TPSA) is 110 Å². The third-order valence-corrected chi connectivity index (χ3v) is 4.36. The Morgan fingerprint density at radius 1 is 1.33 bits per heavy atom. The maximum atomic E-state index is 12.6. The van der Waals surface area contributed by atoms with Crippen LogP contribution < -0.4 is 5.32 Å². The number of aromatic carboxylic acids is 1. The van der Waals surface area contributed by atoms with Crippen molar-refractivity contribution in [3.63, 3.8) is 0 Å². The summed E-state index contributed by atoms with van der Waals surface area (Å²) in [6.07, 6.45) is 0. The van der Waals surface area contributed by atoms with Crippen LogP contribution in [0.2, 0.25) is 0 Å². The van der Waals surface area contributed by atoms with Crippen molar-refractivity contribution in [2.75, 3.05) is 0 Å². The molecule has 124 valence electrons. The molecule has 0 spiro atoms. The van der Waals surface area contributed by atoms with Crippen LogP contribution in [0.25, 0.3) is 11.0 Å². The van der Waals surface area contributed by atoms with Gasteiger partial charge in [0.1, 0.15) is 5.01 Å². The molecule has 0 saturated heterocycles. The summed E-state index contributed by atoms with van der Waals surface area (Å²) in [7, 11) is 1.78. The Kier molecular flexibility index (Phi) is 4.02. The minimum Gasteiger partial charge on any atom is -0.476 e. The summed E-state index contributed by atoms with van der Waals surface area (Å²) in [5.74, 6) is -1.35. The highest BCUT2D eigenvalue weighted by atomic mass is 32.1. The van der Waals surface area contributed by atoms with Crippen LogP contribution in [0.15, 0.2) is 11.4 Å². The van der Waals surface area contributed by atoms with E-state index in [1.54, 1.807) is 17.8 Å².